The molecule has 0 bridgehead atoms. The highest BCUT2D eigenvalue weighted by molar-refractivity contribution is 6.31. The van der Waals surface area contributed by atoms with Gasteiger partial charge in [0.05, 0.1) is 28.4 Å². The second kappa shape index (κ2) is 14.1. The standard InChI is InChI=1S/C25H39N5O4.C7H4ClNO/c1-24(2)16-25(3,4)22(24)28-21(33)17-13-26-23(27-14-17)30-11-7-19(8-12-30)34-15-20(32)29-9-5-18(31)6-10-29;8-7-3-6(10)2-1-5(7)4-9/h13-14,18-19,22,31H,5-12,15-16H2,1-4H3,(H,28,33);1-3,10H. The largest absolute Gasteiger partial charge is 0.508 e. The number of nitriles is 1. The van der Waals surface area contributed by atoms with E-state index in [1.807, 2.05) is 6.07 Å². The first-order valence-corrected chi connectivity index (χ1v) is 15.5. The van der Waals surface area contributed by atoms with Gasteiger partial charge in [-0.3, -0.25) is 9.59 Å². The average molecular weight is 627 g/mol. The van der Waals surface area contributed by atoms with Crippen molar-refractivity contribution in [1.82, 2.24) is 20.2 Å². The number of anilines is 1. The van der Waals surface area contributed by atoms with Crippen LogP contribution in [0.15, 0.2) is 30.6 Å². The number of likely N-dealkylation sites (tertiary alicyclic amines) is 1. The lowest BCUT2D eigenvalue weighted by Gasteiger charge is -2.57. The fraction of sp³-hybridized carbons (Fsp3) is 0.594. The summed E-state index contributed by atoms with van der Waals surface area (Å²) in [6.45, 7) is 11.5. The summed E-state index contributed by atoms with van der Waals surface area (Å²) < 4.78 is 5.87. The number of ether oxygens (including phenoxy) is 1. The van der Waals surface area contributed by atoms with E-state index < -0.39 is 0 Å². The Morgan fingerprint density at radius 1 is 1.07 bits per heavy atom. The number of piperidine rings is 2. The van der Waals surface area contributed by atoms with Crippen LogP contribution in [-0.4, -0.2) is 87.9 Å². The van der Waals surface area contributed by atoms with Gasteiger partial charge in [-0.2, -0.15) is 5.26 Å². The van der Waals surface area contributed by atoms with Crippen LogP contribution in [0.4, 0.5) is 5.95 Å². The predicted molar refractivity (Wildman–Crippen MR) is 166 cm³/mol. The Morgan fingerprint density at radius 2 is 1.68 bits per heavy atom. The van der Waals surface area contributed by atoms with Crippen LogP contribution in [0.3, 0.4) is 0 Å². The van der Waals surface area contributed by atoms with E-state index in [9.17, 15) is 14.7 Å². The van der Waals surface area contributed by atoms with E-state index in [1.54, 1.807) is 17.3 Å². The molecule has 238 valence electrons. The summed E-state index contributed by atoms with van der Waals surface area (Å²) in [6, 6.07) is 6.23. The molecular weight excluding hydrogens is 584 g/mol. The van der Waals surface area contributed by atoms with Crippen LogP contribution in [0.2, 0.25) is 5.02 Å². The highest BCUT2D eigenvalue weighted by Gasteiger charge is 2.53. The zero-order chi connectivity index (χ0) is 32.1. The van der Waals surface area contributed by atoms with Gasteiger partial charge >= 0.3 is 0 Å². The van der Waals surface area contributed by atoms with Crippen LogP contribution in [0.5, 0.6) is 5.75 Å². The number of nitrogens with zero attached hydrogens (tertiary/aromatic N) is 5. The summed E-state index contributed by atoms with van der Waals surface area (Å²) in [7, 11) is 0. The third-order valence-electron chi connectivity index (χ3n) is 8.71. The molecule has 0 unspecified atom stereocenters. The van der Waals surface area contributed by atoms with Crippen molar-refractivity contribution in [3.63, 3.8) is 0 Å². The van der Waals surface area contributed by atoms with E-state index in [1.165, 1.54) is 18.2 Å². The number of halogens is 1. The first-order valence-electron chi connectivity index (χ1n) is 15.1. The fourth-order valence-electron chi connectivity index (χ4n) is 6.72. The number of benzene rings is 1. The number of nitrogens with one attached hydrogen (secondary N) is 1. The maximum Gasteiger partial charge on any atom is 0.254 e. The lowest BCUT2D eigenvalue weighted by atomic mass is 9.52. The van der Waals surface area contributed by atoms with Crippen LogP contribution in [0.1, 0.15) is 75.7 Å². The van der Waals surface area contributed by atoms with Gasteiger partial charge in [0, 0.05) is 44.6 Å². The molecule has 12 heteroatoms. The maximum absolute atomic E-state index is 12.7. The van der Waals surface area contributed by atoms with Gasteiger partial charge in [0.1, 0.15) is 18.4 Å². The molecule has 2 saturated heterocycles. The van der Waals surface area contributed by atoms with Gasteiger partial charge < -0.3 is 30.1 Å². The summed E-state index contributed by atoms with van der Waals surface area (Å²) in [5.74, 6) is 0.559. The normalized spacial score (nSPS) is 20.1. The monoisotopic (exact) mass is 626 g/mol. The average Bonchev–Trinajstić information content (AvgIpc) is 2.99. The van der Waals surface area contributed by atoms with Crippen molar-refractivity contribution in [1.29, 1.82) is 5.26 Å². The van der Waals surface area contributed by atoms with Gasteiger partial charge in [-0.1, -0.05) is 39.3 Å². The minimum absolute atomic E-state index is 0.000189. The van der Waals surface area contributed by atoms with Crippen molar-refractivity contribution < 1.29 is 24.5 Å². The molecule has 2 aromatic rings. The number of aliphatic hydroxyl groups is 1. The van der Waals surface area contributed by atoms with E-state index in [-0.39, 0.29) is 58.3 Å². The summed E-state index contributed by atoms with van der Waals surface area (Å²) in [6.07, 6.45) is 6.91. The summed E-state index contributed by atoms with van der Waals surface area (Å²) in [5.41, 5.74) is 1.03. The second-order valence-electron chi connectivity index (χ2n) is 13.2. The Balaban J connectivity index is 0.000000375. The van der Waals surface area contributed by atoms with Gasteiger partial charge in [0.2, 0.25) is 11.9 Å². The highest BCUT2D eigenvalue weighted by Crippen LogP contribution is 2.53. The molecule has 2 aliphatic heterocycles. The molecule has 3 N–H and O–H groups in total. The molecule has 1 saturated carbocycles. The van der Waals surface area contributed by atoms with Gasteiger partial charge in [-0.15, -0.1) is 0 Å². The number of aromatic hydroxyl groups is 1. The molecule has 1 aromatic heterocycles. The maximum atomic E-state index is 12.7. The quantitative estimate of drug-likeness (QED) is 0.433. The van der Waals surface area contributed by atoms with Crippen molar-refractivity contribution in [3.05, 3.63) is 46.7 Å². The van der Waals surface area contributed by atoms with Crippen molar-refractivity contribution in [2.24, 2.45) is 10.8 Å². The molecule has 3 heterocycles. The number of aromatic nitrogens is 2. The predicted octanol–water partition coefficient (Wildman–Crippen LogP) is 3.92. The van der Waals surface area contributed by atoms with E-state index in [0.29, 0.717) is 43.0 Å². The number of phenolic OH excluding ortho intramolecular Hbond substituents is 1. The first kappa shape index (κ1) is 33.4. The number of rotatable bonds is 6. The van der Waals surface area contributed by atoms with E-state index in [2.05, 4.69) is 47.9 Å². The zero-order valence-corrected chi connectivity index (χ0v) is 26.7. The molecule has 2 amide bonds. The molecule has 3 fully saturated rings. The Morgan fingerprint density at radius 3 is 2.23 bits per heavy atom. The number of hydrogen-bond donors (Lipinski definition) is 3. The summed E-state index contributed by atoms with van der Waals surface area (Å²) >= 11 is 5.55. The molecule has 3 aliphatic rings. The number of amides is 2. The smallest absolute Gasteiger partial charge is 0.254 e. The van der Waals surface area contributed by atoms with Crippen molar-refractivity contribution in [2.45, 2.75) is 78.0 Å². The van der Waals surface area contributed by atoms with E-state index >= 15 is 0 Å². The number of phenols is 1. The van der Waals surface area contributed by atoms with Gasteiger partial charge in [0.15, 0.2) is 0 Å². The van der Waals surface area contributed by atoms with Gasteiger partial charge in [0.25, 0.3) is 5.91 Å². The Labute approximate surface area is 264 Å². The number of hydrogen-bond acceptors (Lipinski definition) is 9. The zero-order valence-electron chi connectivity index (χ0n) is 25.9. The molecule has 1 aliphatic carbocycles. The molecular formula is C32H43ClN6O5. The number of carbonyl (C=O) groups is 2. The van der Waals surface area contributed by atoms with Crippen molar-refractivity contribution >= 4 is 29.4 Å². The van der Waals surface area contributed by atoms with Gasteiger partial charge in [-0.05, 0) is 61.1 Å². The summed E-state index contributed by atoms with van der Waals surface area (Å²) in [5, 5.41) is 30.3. The molecule has 0 spiro atoms. The Kier molecular flexibility index (Phi) is 10.7. The van der Waals surface area contributed by atoms with Crippen LogP contribution < -0.4 is 10.2 Å². The third-order valence-corrected chi connectivity index (χ3v) is 9.02. The molecule has 1 aromatic carbocycles. The highest BCUT2D eigenvalue weighted by atomic mass is 35.5. The van der Waals surface area contributed by atoms with E-state index in [0.717, 1.165) is 32.4 Å². The van der Waals surface area contributed by atoms with E-state index in [4.69, 9.17) is 26.7 Å². The van der Waals surface area contributed by atoms with Crippen molar-refractivity contribution in [2.75, 3.05) is 37.7 Å². The minimum Gasteiger partial charge on any atom is -0.508 e. The first-order chi connectivity index (χ1) is 20.8. The van der Waals surface area contributed by atoms with Crippen LogP contribution >= 0.6 is 11.6 Å². The minimum atomic E-state index is -0.290. The molecule has 5 rings (SSSR count). The third kappa shape index (κ3) is 8.37. The lowest BCUT2D eigenvalue weighted by molar-refractivity contribution is -0.140. The molecule has 0 atom stereocenters. The SMILES string of the molecule is CC1(C)CC(C)(C)C1NC(=O)c1cnc(N2CCC(OCC(=O)N3CCC(O)CC3)CC2)nc1.N#Cc1ccc(O)cc1Cl. The van der Waals surface area contributed by atoms with Crippen LogP contribution in [0, 0.1) is 22.2 Å². The van der Waals surface area contributed by atoms with Gasteiger partial charge in [-0.25, -0.2) is 9.97 Å². The molecule has 0 radical (unpaired) electrons. The van der Waals surface area contributed by atoms with Crippen LogP contribution in [-0.2, 0) is 9.53 Å². The Hall–Kier alpha value is -3.46. The number of carbonyl (C=O) groups excluding carboxylic acids is 2. The Bertz CT molecular complexity index is 1330. The fourth-order valence-corrected chi connectivity index (χ4v) is 6.94. The topological polar surface area (TPSA) is 152 Å². The second-order valence-corrected chi connectivity index (χ2v) is 13.6. The number of aliphatic hydroxyl groups excluding tert-OH is 1. The molecule has 44 heavy (non-hydrogen) atoms. The van der Waals surface area contributed by atoms with Crippen LogP contribution in [0.25, 0.3) is 0 Å². The van der Waals surface area contributed by atoms with Crippen molar-refractivity contribution in [3.8, 4) is 11.8 Å². The summed E-state index contributed by atoms with van der Waals surface area (Å²) in [4.78, 5) is 37.8. The lowest BCUT2D eigenvalue weighted by Crippen LogP contribution is -2.63. The molecule has 11 nitrogen and oxygen atoms in total.